The third kappa shape index (κ3) is 3.73. The molecule has 0 spiro atoms. The number of nitriles is 1. The second-order valence-corrected chi connectivity index (χ2v) is 6.01. The first-order chi connectivity index (χ1) is 11.4. The molecule has 132 valence electrons. The molecule has 3 nitrogen and oxygen atoms in total. The molecule has 0 aliphatic heterocycles. The predicted octanol–water partition coefficient (Wildman–Crippen LogP) is 6.12. The van der Waals surface area contributed by atoms with Gasteiger partial charge in [-0.3, -0.25) is 5.10 Å². The van der Waals surface area contributed by atoms with Crippen LogP contribution < -0.4 is 0 Å². The van der Waals surface area contributed by atoms with E-state index in [1.807, 2.05) is 0 Å². The van der Waals surface area contributed by atoms with Gasteiger partial charge < -0.3 is 0 Å². The van der Waals surface area contributed by atoms with Crippen molar-refractivity contribution in [3.05, 3.63) is 45.6 Å². The fourth-order valence-electron chi connectivity index (χ4n) is 2.01. The van der Waals surface area contributed by atoms with Crippen LogP contribution in [0.15, 0.2) is 18.7 Å². The number of nitrogens with one attached hydrogen (secondary N) is 1. The first kappa shape index (κ1) is 19.5. The number of H-pyrrole nitrogens is 1. The molecule has 0 atom stereocenters. The summed E-state index contributed by atoms with van der Waals surface area (Å²) in [5.41, 5.74) is -3.65. The van der Waals surface area contributed by atoms with Gasteiger partial charge in [0, 0.05) is 16.7 Å². The van der Waals surface area contributed by atoms with E-state index >= 15 is 0 Å². The quantitative estimate of drug-likeness (QED) is 0.484. The molecule has 0 radical (unpaired) electrons. The van der Waals surface area contributed by atoms with Crippen molar-refractivity contribution in [2.45, 2.75) is 11.6 Å². The molecule has 0 aliphatic rings. The van der Waals surface area contributed by atoms with Gasteiger partial charge in [-0.1, -0.05) is 29.8 Å². The SMILES string of the molecule is C=C(c1c(C#N)n[nH]c1-c1c(Cl)cc(C(F)(F)F)cc1Cl)C(F)(F)Cl. The number of hydrogen-bond acceptors (Lipinski definition) is 2. The summed E-state index contributed by atoms with van der Waals surface area (Å²) in [6.07, 6.45) is -4.72. The Kier molecular flexibility index (Phi) is 5.06. The minimum atomic E-state index is -4.72. The predicted molar refractivity (Wildman–Crippen MR) is 83.6 cm³/mol. The highest BCUT2D eigenvalue weighted by molar-refractivity contribution is 6.39. The summed E-state index contributed by atoms with van der Waals surface area (Å²) < 4.78 is 65.2. The van der Waals surface area contributed by atoms with Gasteiger partial charge >= 0.3 is 11.6 Å². The van der Waals surface area contributed by atoms with Gasteiger partial charge in [-0.05, 0) is 23.7 Å². The van der Waals surface area contributed by atoms with E-state index in [4.69, 9.17) is 40.1 Å². The van der Waals surface area contributed by atoms with E-state index in [-0.39, 0.29) is 11.3 Å². The van der Waals surface area contributed by atoms with Crippen molar-refractivity contribution in [3.8, 4) is 17.3 Å². The molecule has 1 aromatic carbocycles. The van der Waals surface area contributed by atoms with Gasteiger partial charge in [0.15, 0.2) is 5.69 Å². The molecule has 1 aromatic heterocycles. The minimum Gasteiger partial charge on any atom is -0.276 e. The standard InChI is InChI=1S/C14H5Cl3F5N3/c1-5(13(17,18)19)10-9(4-23)24-25-12(10)11-7(15)2-6(3-8(11)16)14(20,21)22/h2-3H,1H2,(H,24,25). The van der Waals surface area contributed by atoms with Gasteiger partial charge in [-0.15, -0.1) is 0 Å². The number of aromatic amines is 1. The average molecular weight is 417 g/mol. The van der Waals surface area contributed by atoms with Gasteiger partial charge in [0.05, 0.1) is 21.3 Å². The van der Waals surface area contributed by atoms with E-state index in [2.05, 4.69) is 16.8 Å². The molecule has 0 unspecified atom stereocenters. The summed E-state index contributed by atoms with van der Waals surface area (Å²) in [5.74, 6) is 0. The Hall–Kier alpha value is -1.82. The molecule has 25 heavy (non-hydrogen) atoms. The number of rotatable bonds is 3. The van der Waals surface area contributed by atoms with Crippen LogP contribution in [-0.4, -0.2) is 15.6 Å². The first-order valence-electron chi connectivity index (χ1n) is 6.19. The van der Waals surface area contributed by atoms with Crippen molar-refractivity contribution in [2.24, 2.45) is 0 Å². The molecular formula is C14H5Cl3F5N3. The largest absolute Gasteiger partial charge is 0.416 e. The van der Waals surface area contributed by atoms with Crippen LogP contribution in [0.4, 0.5) is 22.0 Å². The average Bonchev–Trinajstić information content (AvgIpc) is 2.87. The Morgan fingerprint density at radius 2 is 1.68 bits per heavy atom. The van der Waals surface area contributed by atoms with Crippen molar-refractivity contribution in [1.29, 1.82) is 5.26 Å². The van der Waals surface area contributed by atoms with E-state index in [1.54, 1.807) is 6.07 Å². The highest BCUT2D eigenvalue weighted by Gasteiger charge is 2.37. The summed E-state index contributed by atoms with van der Waals surface area (Å²) in [6.45, 7) is 3.12. The highest BCUT2D eigenvalue weighted by Crippen LogP contribution is 2.45. The molecule has 0 amide bonds. The zero-order chi connectivity index (χ0) is 19.2. The lowest BCUT2D eigenvalue weighted by molar-refractivity contribution is -0.137. The van der Waals surface area contributed by atoms with Crippen molar-refractivity contribution in [3.63, 3.8) is 0 Å². The summed E-state index contributed by atoms with van der Waals surface area (Å²) in [6, 6.07) is 2.69. The number of alkyl halides is 6. The summed E-state index contributed by atoms with van der Waals surface area (Å²) >= 11 is 16.6. The second kappa shape index (κ2) is 6.48. The normalized spacial score (nSPS) is 12.1. The molecular weight excluding hydrogens is 412 g/mol. The van der Waals surface area contributed by atoms with Crippen LogP contribution in [0.25, 0.3) is 16.8 Å². The van der Waals surface area contributed by atoms with Gasteiger partial charge in [-0.25, -0.2) is 0 Å². The van der Waals surface area contributed by atoms with E-state index in [1.165, 1.54) is 0 Å². The van der Waals surface area contributed by atoms with Gasteiger partial charge in [-0.2, -0.15) is 32.3 Å². The minimum absolute atomic E-state index is 0.248. The van der Waals surface area contributed by atoms with Crippen molar-refractivity contribution in [2.75, 3.05) is 0 Å². The Bertz CT molecular complexity index is 868. The number of hydrogen-bond donors (Lipinski definition) is 1. The second-order valence-electron chi connectivity index (χ2n) is 4.72. The van der Waals surface area contributed by atoms with E-state index in [0.717, 1.165) is 0 Å². The van der Waals surface area contributed by atoms with Crippen LogP contribution in [0.1, 0.15) is 16.8 Å². The zero-order valence-electron chi connectivity index (χ0n) is 11.8. The molecule has 2 rings (SSSR count). The van der Waals surface area contributed by atoms with E-state index < -0.39 is 44.0 Å². The fourth-order valence-corrected chi connectivity index (χ4v) is 2.79. The third-order valence-electron chi connectivity index (χ3n) is 3.14. The zero-order valence-corrected chi connectivity index (χ0v) is 14.0. The Morgan fingerprint density at radius 3 is 2.08 bits per heavy atom. The number of halogens is 8. The molecule has 2 aromatic rings. The molecule has 0 saturated heterocycles. The molecule has 0 bridgehead atoms. The van der Waals surface area contributed by atoms with Crippen LogP contribution in [0.5, 0.6) is 0 Å². The number of aromatic nitrogens is 2. The Morgan fingerprint density at radius 1 is 1.16 bits per heavy atom. The molecule has 0 aliphatic carbocycles. The molecule has 1 heterocycles. The summed E-state index contributed by atoms with van der Waals surface area (Å²) in [5, 5.41) is 9.88. The maximum atomic E-state index is 13.4. The van der Waals surface area contributed by atoms with E-state index in [9.17, 15) is 22.0 Å². The van der Waals surface area contributed by atoms with Crippen LogP contribution in [0.3, 0.4) is 0 Å². The van der Waals surface area contributed by atoms with Crippen LogP contribution in [0.2, 0.25) is 10.0 Å². The summed E-state index contributed by atoms with van der Waals surface area (Å²) in [7, 11) is 0. The fraction of sp³-hybridized carbons (Fsp3) is 0.143. The van der Waals surface area contributed by atoms with Crippen LogP contribution in [-0.2, 0) is 6.18 Å². The number of allylic oxidation sites excluding steroid dienone is 1. The molecule has 0 saturated carbocycles. The lowest BCUT2D eigenvalue weighted by Crippen LogP contribution is -2.09. The maximum absolute atomic E-state index is 13.4. The molecule has 0 fully saturated rings. The lowest BCUT2D eigenvalue weighted by atomic mass is 9.99. The van der Waals surface area contributed by atoms with Gasteiger partial charge in [0.25, 0.3) is 0 Å². The highest BCUT2D eigenvalue weighted by atomic mass is 35.5. The molecule has 1 N–H and O–H groups in total. The number of nitrogens with zero attached hydrogens (tertiary/aromatic N) is 2. The van der Waals surface area contributed by atoms with Crippen molar-refractivity contribution >= 4 is 40.4 Å². The first-order valence-corrected chi connectivity index (χ1v) is 7.32. The summed E-state index contributed by atoms with van der Waals surface area (Å²) in [4.78, 5) is 0. The van der Waals surface area contributed by atoms with Gasteiger partial charge in [0.2, 0.25) is 0 Å². The van der Waals surface area contributed by atoms with Crippen molar-refractivity contribution < 1.29 is 22.0 Å². The smallest absolute Gasteiger partial charge is 0.276 e. The monoisotopic (exact) mass is 415 g/mol. The topological polar surface area (TPSA) is 52.5 Å². The Labute approximate surface area is 152 Å². The van der Waals surface area contributed by atoms with E-state index in [0.29, 0.717) is 12.1 Å². The van der Waals surface area contributed by atoms with Crippen molar-refractivity contribution in [1.82, 2.24) is 10.2 Å². The lowest BCUT2D eigenvalue weighted by Gasteiger charge is -2.15. The number of benzene rings is 1. The van der Waals surface area contributed by atoms with Gasteiger partial charge in [0.1, 0.15) is 6.07 Å². The van der Waals surface area contributed by atoms with Crippen LogP contribution in [0, 0.1) is 11.3 Å². The third-order valence-corrected chi connectivity index (χ3v) is 3.96. The van der Waals surface area contributed by atoms with Crippen LogP contribution >= 0.6 is 34.8 Å². The Balaban J connectivity index is 2.75. The maximum Gasteiger partial charge on any atom is 0.416 e. The molecule has 11 heteroatoms.